The summed E-state index contributed by atoms with van der Waals surface area (Å²) in [6.45, 7) is 5.32. The van der Waals surface area contributed by atoms with Gasteiger partial charge >= 0.3 is 0 Å². The minimum atomic E-state index is -1.04. The lowest BCUT2D eigenvalue weighted by Gasteiger charge is -2.37. The number of benzene rings is 3. The summed E-state index contributed by atoms with van der Waals surface area (Å²) in [5, 5.41) is 18.1. The molecule has 0 aliphatic carbocycles. The van der Waals surface area contributed by atoms with E-state index >= 15 is 0 Å². The van der Waals surface area contributed by atoms with Gasteiger partial charge in [0.05, 0.1) is 119 Å². The molecule has 1 atom stereocenters. The molecule has 22 nitrogen and oxygen atoms in total. The topological polar surface area (TPSA) is 266 Å². The van der Waals surface area contributed by atoms with E-state index in [1.807, 2.05) is 6.07 Å². The number of hydrogen-bond acceptors (Lipinski definition) is 18. The van der Waals surface area contributed by atoms with Gasteiger partial charge in [-0.15, -0.1) is 0 Å². The number of piperazine rings is 1. The zero-order chi connectivity index (χ0) is 54.1. The monoisotopic (exact) mass is 1060 g/mol. The van der Waals surface area contributed by atoms with Crippen molar-refractivity contribution in [3.05, 3.63) is 114 Å². The van der Waals surface area contributed by atoms with Crippen LogP contribution in [-0.4, -0.2) is 172 Å². The highest BCUT2D eigenvalue weighted by Crippen LogP contribution is 2.36. The highest BCUT2D eigenvalue weighted by molar-refractivity contribution is 6.25. The highest BCUT2D eigenvalue weighted by atomic mass is 19.1. The van der Waals surface area contributed by atoms with Gasteiger partial charge in [-0.3, -0.25) is 44.0 Å². The first kappa shape index (κ1) is 55.0. The first-order chi connectivity index (χ1) is 37.6. The molecule has 0 saturated carbocycles. The number of halogens is 1. The lowest BCUT2D eigenvalue weighted by molar-refractivity contribution is -0.136. The number of fused-ring (bicyclic) bond motifs is 1. The maximum atomic E-state index is 14.9. The standard InChI is InChI=1S/C54H57FN10O12/c1-72-45-7-3-5-39(55)49(45)50-59-16-13-42(60-50)51(68)61-40-9-8-35(38-34-57-15-12-36(38)33-56)32-44(40)63-18-20-64(21-19-63)47(67)14-22-73-24-26-75-28-30-77-31-29-76-27-25-74-23-17-58-41-6-2-4-37-48(41)54(71)65(53(37)70)43-10-11-46(66)62-52(43)69/h2-9,12-13,15-16,32,34,43,58H,10-11,14,17-31H2,1H3,(H,61,68)(H,62,66,69). The molecule has 23 heteroatoms. The zero-order valence-corrected chi connectivity index (χ0v) is 42.3. The first-order valence-electron chi connectivity index (χ1n) is 25.0. The molecular formula is C54H57FN10O12. The number of carbonyl (C=O) groups excluding carboxylic acids is 6. The number of rotatable bonds is 26. The van der Waals surface area contributed by atoms with Crippen LogP contribution in [-0.2, 0) is 38.1 Å². The zero-order valence-electron chi connectivity index (χ0n) is 42.3. The van der Waals surface area contributed by atoms with Gasteiger partial charge in [-0.1, -0.05) is 18.2 Å². The van der Waals surface area contributed by atoms with Crippen LogP contribution in [0.1, 0.15) is 56.0 Å². The van der Waals surface area contributed by atoms with Crippen LogP contribution in [0.5, 0.6) is 5.75 Å². The van der Waals surface area contributed by atoms with Crippen molar-refractivity contribution in [1.82, 2.24) is 30.1 Å². The van der Waals surface area contributed by atoms with Crippen LogP contribution in [0.4, 0.5) is 21.5 Å². The number of aromatic nitrogens is 3. The third-order valence-corrected chi connectivity index (χ3v) is 12.8. The Morgan fingerprint density at radius 2 is 1.48 bits per heavy atom. The van der Waals surface area contributed by atoms with Gasteiger partial charge in [0.15, 0.2) is 5.82 Å². The van der Waals surface area contributed by atoms with E-state index in [1.165, 1.54) is 37.6 Å². The van der Waals surface area contributed by atoms with Crippen LogP contribution in [0.3, 0.4) is 0 Å². The highest BCUT2D eigenvalue weighted by Gasteiger charge is 2.45. The summed E-state index contributed by atoms with van der Waals surface area (Å²) in [5.41, 5.74) is 3.73. The van der Waals surface area contributed by atoms with E-state index in [1.54, 1.807) is 53.7 Å². The van der Waals surface area contributed by atoms with Crippen molar-refractivity contribution in [3.63, 3.8) is 0 Å². The Bertz CT molecular complexity index is 3000. The lowest BCUT2D eigenvalue weighted by atomic mass is 10.0. The number of ether oxygens (including phenoxy) is 6. The molecule has 77 heavy (non-hydrogen) atoms. The number of methoxy groups -OCH3 is 1. The second kappa shape index (κ2) is 27.0. The Kier molecular flexibility index (Phi) is 19.3. The van der Waals surface area contributed by atoms with Crippen molar-refractivity contribution in [3.8, 4) is 34.3 Å². The van der Waals surface area contributed by atoms with Gasteiger partial charge in [-0.05, 0) is 60.5 Å². The van der Waals surface area contributed by atoms with E-state index in [9.17, 15) is 38.4 Å². The van der Waals surface area contributed by atoms with Gasteiger partial charge in [-0.2, -0.15) is 5.26 Å². The third kappa shape index (κ3) is 13.8. The molecular weight excluding hydrogens is 1000 g/mol. The molecule has 2 fully saturated rings. The summed E-state index contributed by atoms with van der Waals surface area (Å²) in [6.07, 6.45) is 4.84. The molecule has 3 aliphatic heterocycles. The molecule has 2 saturated heterocycles. The maximum Gasteiger partial charge on any atom is 0.274 e. The molecule has 3 aliphatic rings. The summed E-state index contributed by atoms with van der Waals surface area (Å²) < 4.78 is 48.3. The normalized spacial score (nSPS) is 15.3. The average molecular weight is 1060 g/mol. The second-order valence-corrected chi connectivity index (χ2v) is 17.6. The fourth-order valence-corrected chi connectivity index (χ4v) is 8.89. The number of anilines is 3. The maximum absolute atomic E-state index is 14.9. The van der Waals surface area contributed by atoms with Gasteiger partial charge in [0, 0.05) is 69.0 Å². The lowest BCUT2D eigenvalue weighted by Crippen LogP contribution is -2.54. The summed E-state index contributed by atoms with van der Waals surface area (Å²) >= 11 is 0. The van der Waals surface area contributed by atoms with Gasteiger partial charge in [0.2, 0.25) is 17.7 Å². The number of nitrogens with zero attached hydrogens (tertiary/aromatic N) is 7. The Morgan fingerprint density at radius 3 is 2.18 bits per heavy atom. The Hall–Kier alpha value is -8.27. The predicted octanol–water partition coefficient (Wildman–Crippen LogP) is 4.11. The van der Waals surface area contributed by atoms with E-state index in [0.717, 1.165) is 4.90 Å². The van der Waals surface area contributed by atoms with E-state index < -0.39 is 41.4 Å². The third-order valence-electron chi connectivity index (χ3n) is 12.8. The molecule has 5 aromatic rings. The number of piperidine rings is 1. The summed E-state index contributed by atoms with van der Waals surface area (Å²) in [7, 11) is 1.41. The fourth-order valence-electron chi connectivity index (χ4n) is 8.89. The molecule has 2 aromatic heterocycles. The van der Waals surface area contributed by atoms with Crippen molar-refractivity contribution >= 4 is 52.5 Å². The number of imide groups is 2. The molecule has 1 unspecified atom stereocenters. The van der Waals surface area contributed by atoms with Crippen LogP contribution in [0.25, 0.3) is 22.5 Å². The van der Waals surface area contributed by atoms with E-state index in [-0.39, 0.29) is 65.7 Å². The number of nitriles is 1. The minimum absolute atomic E-state index is 0.00311. The predicted molar refractivity (Wildman–Crippen MR) is 275 cm³/mol. The van der Waals surface area contributed by atoms with Gasteiger partial charge in [-0.25, -0.2) is 14.4 Å². The number of pyridine rings is 1. The van der Waals surface area contributed by atoms with E-state index in [4.69, 9.17) is 28.4 Å². The molecule has 6 amide bonds. The second-order valence-electron chi connectivity index (χ2n) is 17.6. The minimum Gasteiger partial charge on any atom is -0.496 e. The van der Waals surface area contributed by atoms with Crippen molar-refractivity contribution in [2.24, 2.45) is 0 Å². The van der Waals surface area contributed by atoms with Crippen molar-refractivity contribution in [2.75, 3.05) is 121 Å². The number of amides is 6. The van der Waals surface area contributed by atoms with Crippen LogP contribution in [0, 0.1) is 17.1 Å². The smallest absolute Gasteiger partial charge is 0.274 e. The van der Waals surface area contributed by atoms with Gasteiger partial charge < -0.3 is 48.9 Å². The molecule has 5 heterocycles. The van der Waals surface area contributed by atoms with Crippen molar-refractivity contribution < 1.29 is 61.6 Å². The molecule has 3 aromatic carbocycles. The molecule has 0 spiro atoms. The fraction of sp³-hybridized carbons (Fsp3) is 0.370. The quantitative estimate of drug-likeness (QED) is 0.0520. The molecule has 0 radical (unpaired) electrons. The van der Waals surface area contributed by atoms with Gasteiger partial charge in [0.25, 0.3) is 17.7 Å². The van der Waals surface area contributed by atoms with Crippen molar-refractivity contribution in [1.29, 1.82) is 5.26 Å². The summed E-state index contributed by atoms with van der Waals surface area (Å²) in [5.74, 6) is -3.27. The molecule has 8 rings (SSSR count). The van der Waals surface area contributed by atoms with Crippen LogP contribution >= 0.6 is 0 Å². The van der Waals surface area contributed by atoms with E-state index in [0.29, 0.717) is 126 Å². The van der Waals surface area contributed by atoms with Gasteiger partial charge in [0.1, 0.15) is 23.3 Å². The summed E-state index contributed by atoms with van der Waals surface area (Å²) in [4.78, 5) is 94.8. The van der Waals surface area contributed by atoms with Crippen LogP contribution < -0.4 is 25.6 Å². The Balaban J connectivity index is 0.685. The molecule has 402 valence electrons. The Morgan fingerprint density at radius 1 is 0.779 bits per heavy atom. The van der Waals surface area contributed by atoms with E-state index in [2.05, 4.69) is 41.9 Å². The number of nitrogens with one attached hydrogen (secondary N) is 3. The molecule has 3 N–H and O–H groups in total. The average Bonchev–Trinajstić information content (AvgIpc) is 3.74. The molecule has 0 bridgehead atoms. The first-order valence-corrected chi connectivity index (χ1v) is 25.0. The number of carbonyl (C=O) groups is 6. The van der Waals surface area contributed by atoms with Crippen LogP contribution in [0.2, 0.25) is 0 Å². The van der Waals surface area contributed by atoms with Crippen LogP contribution in [0.15, 0.2) is 85.3 Å². The Labute approximate surface area is 442 Å². The summed E-state index contributed by atoms with van der Waals surface area (Å²) in [6, 6.07) is 18.8. The van der Waals surface area contributed by atoms with Crippen molar-refractivity contribution in [2.45, 2.75) is 25.3 Å². The number of hydrogen-bond donors (Lipinski definition) is 3. The SMILES string of the molecule is COc1cccc(F)c1-c1nccc(C(=O)Nc2ccc(-c3cnccc3C#N)cc2N2CCN(C(=O)CCOCCOCCOCCOCCOCCNc3cccc4c3C(=O)N(C3CCC(=O)NC3=O)C4=O)CC2)n1. The largest absolute Gasteiger partial charge is 0.496 e.